The smallest absolute Gasteiger partial charge is 0.347 e. The maximum absolute atomic E-state index is 15.0. The Kier molecular flexibility index (Phi) is 5.91. The number of aromatic hydroxyl groups is 1. The lowest BCUT2D eigenvalue weighted by Crippen LogP contribution is -2.59. The van der Waals surface area contributed by atoms with Gasteiger partial charge in [0.05, 0.1) is 12.6 Å². The Labute approximate surface area is 241 Å². The number of benzene rings is 2. The summed E-state index contributed by atoms with van der Waals surface area (Å²) in [4.78, 5) is 48.2. The minimum atomic E-state index is -2.72. The maximum atomic E-state index is 15.0. The van der Waals surface area contributed by atoms with Crippen LogP contribution < -0.4 is 16.3 Å². The summed E-state index contributed by atoms with van der Waals surface area (Å²) in [5, 5.41) is 11.1. The second-order valence-corrected chi connectivity index (χ2v) is 11.5. The number of anilines is 1. The van der Waals surface area contributed by atoms with Crippen molar-refractivity contribution in [3.8, 4) is 5.75 Å². The molecule has 2 fully saturated rings. The van der Waals surface area contributed by atoms with Crippen LogP contribution >= 0.6 is 23.2 Å². The summed E-state index contributed by atoms with van der Waals surface area (Å²) >= 11 is 13.9. The molecule has 4 unspecified atom stereocenters. The van der Waals surface area contributed by atoms with Crippen molar-refractivity contribution in [1.82, 2.24) is 13.9 Å². The van der Waals surface area contributed by atoms with Gasteiger partial charge in [-0.15, -0.1) is 23.2 Å². The van der Waals surface area contributed by atoms with Crippen LogP contribution in [0.15, 0.2) is 39.4 Å². The van der Waals surface area contributed by atoms with Crippen LogP contribution in [0.2, 0.25) is 0 Å². The summed E-state index contributed by atoms with van der Waals surface area (Å²) in [6, 6.07) is 3.06. The number of amides is 2. The number of carbonyl (C=O) groups is 2. The Morgan fingerprint density at radius 1 is 0.905 bits per heavy atom. The number of imide groups is 1. The van der Waals surface area contributed by atoms with Gasteiger partial charge in [0.15, 0.2) is 33.0 Å². The van der Waals surface area contributed by atoms with E-state index in [0.29, 0.717) is 0 Å². The molecule has 1 saturated heterocycles. The van der Waals surface area contributed by atoms with Gasteiger partial charge in [-0.2, -0.15) is 0 Å². The van der Waals surface area contributed by atoms with Gasteiger partial charge >= 0.3 is 11.4 Å². The molecular weight excluding hydrogens is 614 g/mol. The Bertz CT molecular complexity index is 1910. The van der Waals surface area contributed by atoms with Crippen LogP contribution in [0.4, 0.5) is 27.6 Å². The quantitative estimate of drug-likeness (QED) is 0.117. The highest BCUT2D eigenvalue weighted by Gasteiger charge is 2.76. The summed E-state index contributed by atoms with van der Waals surface area (Å²) in [5.41, 5.74) is -3.09. The fourth-order valence-electron chi connectivity index (χ4n) is 6.20. The summed E-state index contributed by atoms with van der Waals surface area (Å²) in [5.74, 6) is -17.6. The van der Waals surface area contributed by atoms with E-state index in [0.717, 1.165) is 13.9 Å². The average molecular weight is 631 g/mol. The van der Waals surface area contributed by atoms with Gasteiger partial charge in [-0.3, -0.25) is 9.59 Å². The first-order chi connectivity index (χ1) is 19.6. The van der Waals surface area contributed by atoms with E-state index in [1.165, 1.54) is 38.2 Å². The first-order valence-electron chi connectivity index (χ1n) is 12.3. The Balaban J connectivity index is 1.68. The fourth-order valence-corrected chi connectivity index (χ4v) is 7.10. The minimum absolute atomic E-state index is 0.0776. The maximum Gasteiger partial charge on any atom is 0.347 e. The predicted octanol–water partition coefficient (Wildman–Crippen LogP) is 3.26. The number of hydrogen-bond donors (Lipinski definition) is 1. The van der Waals surface area contributed by atoms with Crippen molar-refractivity contribution in [3.05, 3.63) is 91.0 Å². The third-order valence-corrected chi connectivity index (χ3v) is 9.67. The standard InChI is InChI=1S/C26H17Cl2F5N4O5/c1-9-4-3-5-11(20(9)38)13-10-6-7-35-23(41)34(2)24(42)37(35)12(10)8-25(27)21(39)36(22(40)26(13,25)28)19-17(32)15(30)14(29)16(31)18(19)33/h3-6,12-13,38H,7-8H2,1-2H3. The number of allylic oxidation sites excluding steroid dienone is 2. The molecule has 1 N–H and O–H groups in total. The molecule has 0 spiro atoms. The number of alkyl halides is 2. The SMILES string of the molecule is Cc1cccc(C2C3=CCn4c(=O)n(C)c(=O)n4C3CC3(Cl)C(=O)N(c4c(F)c(F)c(F)c(F)c4F)C(=O)C23Cl)c1O. The van der Waals surface area contributed by atoms with Gasteiger partial charge in [0, 0.05) is 24.9 Å². The van der Waals surface area contributed by atoms with E-state index in [4.69, 9.17) is 23.2 Å². The van der Waals surface area contributed by atoms with Crippen molar-refractivity contribution in [3.63, 3.8) is 0 Å². The van der Waals surface area contributed by atoms with Crippen LogP contribution in [0.5, 0.6) is 5.75 Å². The Morgan fingerprint density at radius 2 is 1.50 bits per heavy atom. The number of fused-ring (bicyclic) bond motifs is 4. The van der Waals surface area contributed by atoms with Gasteiger partial charge < -0.3 is 5.11 Å². The first-order valence-corrected chi connectivity index (χ1v) is 13.0. The lowest BCUT2D eigenvalue weighted by molar-refractivity contribution is -0.122. The molecule has 3 aliphatic rings. The zero-order valence-electron chi connectivity index (χ0n) is 21.4. The molecule has 2 amide bonds. The van der Waals surface area contributed by atoms with E-state index in [1.54, 1.807) is 0 Å². The molecule has 6 rings (SSSR count). The van der Waals surface area contributed by atoms with Crippen LogP contribution in [0, 0.1) is 36.0 Å². The number of aryl methyl sites for hydroxylation is 1. The highest BCUT2D eigenvalue weighted by atomic mass is 35.5. The van der Waals surface area contributed by atoms with Gasteiger partial charge in [0.1, 0.15) is 11.4 Å². The molecule has 9 nitrogen and oxygen atoms in total. The molecule has 1 saturated carbocycles. The van der Waals surface area contributed by atoms with Gasteiger partial charge in [-0.05, 0) is 18.1 Å². The fraction of sp³-hybridized carbons (Fsp3) is 0.308. The number of para-hydroxylation sites is 1. The number of nitrogens with zero attached hydrogens (tertiary/aromatic N) is 4. The number of halogens is 7. The van der Waals surface area contributed by atoms with Crippen LogP contribution in [0.3, 0.4) is 0 Å². The lowest BCUT2D eigenvalue weighted by atomic mass is 9.64. The molecule has 3 aromatic rings. The topological polar surface area (TPSA) is 107 Å². The van der Waals surface area contributed by atoms with E-state index < -0.39 is 91.8 Å². The zero-order valence-corrected chi connectivity index (χ0v) is 22.9. The van der Waals surface area contributed by atoms with Crippen LogP contribution in [-0.4, -0.2) is 40.6 Å². The van der Waals surface area contributed by atoms with E-state index >= 15 is 0 Å². The number of phenols is 1. The van der Waals surface area contributed by atoms with E-state index in [-0.39, 0.29) is 28.1 Å². The Hall–Kier alpha value is -3.91. The van der Waals surface area contributed by atoms with E-state index in [1.807, 2.05) is 0 Å². The second-order valence-electron chi connectivity index (χ2n) is 10.3. The molecule has 2 aliphatic heterocycles. The molecule has 3 heterocycles. The minimum Gasteiger partial charge on any atom is -0.507 e. The van der Waals surface area contributed by atoms with Gasteiger partial charge in [0.2, 0.25) is 5.82 Å². The molecule has 220 valence electrons. The van der Waals surface area contributed by atoms with Gasteiger partial charge in [-0.1, -0.05) is 24.3 Å². The van der Waals surface area contributed by atoms with Crippen LogP contribution in [0.25, 0.3) is 0 Å². The molecule has 2 aromatic carbocycles. The lowest BCUT2D eigenvalue weighted by Gasteiger charge is -2.49. The number of phenolic OH excluding ortho intramolecular Hbond substituents is 1. The molecule has 16 heteroatoms. The second kappa shape index (κ2) is 8.80. The van der Waals surface area contributed by atoms with Crippen molar-refractivity contribution < 1.29 is 36.6 Å². The molecule has 0 radical (unpaired) electrons. The third-order valence-electron chi connectivity index (χ3n) is 8.26. The van der Waals surface area contributed by atoms with Gasteiger partial charge in [-0.25, -0.2) is 50.4 Å². The third kappa shape index (κ3) is 3.13. The highest BCUT2D eigenvalue weighted by molar-refractivity contribution is 6.58. The van der Waals surface area contributed by atoms with E-state index in [2.05, 4.69) is 0 Å². The Morgan fingerprint density at radius 3 is 2.12 bits per heavy atom. The van der Waals surface area contributed by atoms with Gasteiger partial charge in [0.25, 0.3) is 11.8 Å². The molecular formula is C26H17Cl2F5N4O5. The highest BCUT2D eigenvalue weighted by Crippen LogP contribution is 2.65. The zero-order chi connectivity index (χ0) is 30.8. The molecule has 1 aromatic heterocycles. The predicted molar refractivity (Wildman–Crippen MR) is 137 cm³/mol. The van der Waals surface area contributed by atoms with Crippen molar-refractivity contribution in [2.45, 2.75) is 41.6 Å². The molecule has 0 bridgehead atoms. The molecule has 1 aliphatic carbocycles. The summed E-state index contributed by atoms with van der Waals surface area (Å²) in [7, 11) is 1.20. The average Bonchev–Trinajstić information content (AvgIpc) is 3.26. The number of carbonyl (C=O) groups excluding carboxylic acids is 2. The number of hydrogen-bond acceptors (Lipinski definition) is 5. The van der Waals surface area contributed by atoms with Crippen LogP contribution in [0.1, 0.15) is 29.5 Å². The van der Waals surface area contributed by atoms with Crippen molar-refractivity contribution in [2.24, 2.45) is 7.05 Å². The van der Waals surface area contributed by atoms with Crippen LogP contribution in [-0.2, 0) is 23.2 Å². The van der Waals surface area contributed by atoms with Crippen molar-refractivity contribution in [2.75, 3.05) is 4.90 Å². The van der Waals surface area contributed by atoms with Crippen molar-refractivity contribution in [1.29, 1.82) is 0 Å². The van der Waals surface area contributed by atoms with Crippen molar-refractivity contribution >= 4 is 40.7 Å². The summed E-state index contributed by atoms with van der Waals surface area (Å²) in [6.45, 7) is 1.29. The molecule has 42 heavy (non-hydrogen) atoms. The largest absolute Gasteiger partial charge is 0.507 e. The monoisotopic (exact) mass is 630 g/mol. The summed E-state index contributed by atoms with van der Waals surface area (Å²) in [6.07, 6.45) is 0.726. The molecule has 4 atom stereocenters. The number of rotatable bonds is 2. The first kappa shape index (κ1) is 28.2. The van der Waals surface area contributed by atoms with E-state index in [9.17, 15) is 46.2 Å². The normalized spacial score (nSPS) is 26.7. The summed E-state index contributed by atoms with van der Waals surface area (Å²) < 4.78 is 75.0. The number of aromatic nitrogens is 3.